The molecule has 0 aliphatic carbocycles. The monoisotopic (exact) mass is 361 g/mol. The van der Waals surface area contributed by atoms with Crippen LogP contribution in [0.4, 0.5) is 4.79 Å². The highest BCUT2D eigenvalue weighted by atomic mass is 32.2. The molecule has 4 N–H and O–H groups in total. The molecule has 1 amide bonds. The number of carboxylic acids is 2. The Morgan fingerprint density at radius 3 is 2.12 bits per heavy atom. The summed E-state index contributed by atoms with van der Waals surface area (Å²) in [5.74, 6) is -2.24. The Hall–Kier alpha value is -3.00. The van der Waals surface area contributed by atoms with Crippen molar-refractivity contribution < 1.29 is 29.3 Å². The van der Waals surface area contributed by atoms with Gasteiger partial charge in [0.05, 0.1) is 11.1 Å². The average molecular weight is 361 g/mol. The van der Waals surface area contributed by atoms with Crippen molar-refractivity contribution in [2.75, 3.05) is 0 Å². The molecular weight excluding hydrogens is 346 g/mol. The minimum Gasteiger partial charge on any atom is -0.478 e. The van der Waals surface area contributed by atoms with Crippen molar-refractivity contribution in [2.45, 2.75) is 16.8 Å². The van der Waals surface area contributed by atoms with Crippen LogP contribution in [0.3, 0.4) is 0 Å². The molecule has 0 spiro atoms. The lowest BCUT2D eigenvalue weighted by atomic mass is 10.0. The zero-order chi connectivity index (χ0) is 18.6. The van der Waals surface area contributed by atoms with Crippen molar-refractivity contribution in [3.8, 4) is 0 Å². The Morgan fingerprint density at radius 2 is 1.60 bits per heavy atom. The average Bonchev–Trinajstić information content (AvgIpc) is 2.54. The standard InChI is InChI=1S/C17H15NO6S/c1-17(24-16(18)23,13-5-3-2-4-12(13)15(21)22)25-11-8-6-10(7-9-11)14(19)20/h2-9H,1H3,(H2,18,23)(H,19,20)(H,21,22). The molecule has 0 aromatic heterocycles. The number of carboxylic acid groups (broad SMARTS) is 2. The summed E-state index contributed by atoms with van der Waals surface area (Å²) < 4.78 is 5.22. The van der Waals surface area contributed by atoms with Crippen LogP contribution >= 0.6 is 11.8 Å². The Kier molecular flexibility index (Phi) is 5.33. The summed E-state index contributed by atoms with van der Waals surface area (Å²) in [5.41, 5.74) is 5.50. The Bertz CT molecular complexity index is 820. The normalized spacial score (nSPS) is 12.8. The number of nitrogens with two attached hydrogens (primary N) is 1. The highest BCUT2D eigenvalue weighted by molar-refractivity contribution is 8.00. The van der Waals surface area contributed by atoms with E-state index in [1.54, 1.807) is 24.3 Å². The number of rotatable bonds is 6. The second-order valence-electron chi connectivity index (χ2n) is 5.15. The van der Waals surface area contributed by atoms with E-state index < -0.39 is 23.0 Å². The lowest BCUT2D eigenvalue weighted by molar-refractivity contribution is 0.0670. The summed E-state index contributed by atoms with van der Waals surface area (Å²) in [5, 5.41) is 18.3. The Morgan fingerprint density at radius 1 is 1.00 bits per heavy atom. The third-order valence-corrected chi connectivity index (χ3v) is 4.56. The van der Waals surface area contributed by atoms with E-state index >= 15 is 0 Å². The summed E-state index contributed by atoms with van der Waals surface area (Å²) in [4.78, 5) is 32.9. The number of hydrogen-bond acceptors (Lipinski definition) is 5. The third kappa shape index (κ3) is 4.30. The number of aromatic carboxylic acids is 2. The summed E-state index contributed by atoms with van der Waals surface area (Å²) in [7, 11) is 0. The van der Waals surface area contributed by atoms with Crippen molar-refractivity contribution >= 4 is 29.8 Å². The summed E-state index contributed by atoms with van der Waals surface area (Å²) >= 11 is 1.05. The zero-order valence-electron chi connectivity index (χ0n) is 13.1. The van der Waals surface area contributed by atoms with Gasteiger partial charge in [-0.1, -0.05) is 30.0 Å². The molecule has 25 heavy (non-hydrogen) atoms. The first-order valence-electron chi connectivity index (χ1n) is 7.06. The molecule has 0 saturated carbocycles. The van der Waals surface area contributed by atoms with Gasteiger partial charge in [-0.05, 0) is 37.3 Å². The van der Waals surface area contributed by atoms with Crippen LogP contribution < -0.4 is 5.73 Å². The molecule has 0 aliphatic rings. The number of carbonyl (C=O) groups excluding carboxylic acids is 1. The maximum Gasteiger partial charge on any atom is 0.406 e. The third-order valence-electron chi connectivity index (χ3n) is 3.36. The molecule has 2 aromatic carbocycles. The molecule has 1 atom stereocenters. The molecule has 0 fully saturated rings. The van der Waals surface area contributed by atoms with Crippen LogP contribution in [0.1, 0.15) is 33.2 Å². The molecule has 130 valence electrons. The predicted octanol–water partition coefficient (Wildman–Crippen LogP) is 3.14. The lowest BCUT2D eigenvalue weighted by Gasteiger charge is -2.29. The minimum absolute atomic E-state index is 0.0269. The molecule has 0 bridgehead atoms. The fourth-order valence-corrected chi connectivity index (χ4v) is 3.41. The first-order chi connectivity index (χ1) is 11.7. The SMILES string of the molecule is CC(OC(N)=O)(Sc1ccc(C(=O)O)cc1)c1ccccc1C(=O)O. The van der Waals surface area contributed by atoms with Crippen molar-refractivity contribution in [3.63, 3.8) is 0 Å². The van der Waals surface area contributed by atoms with E-state index in [1.165, 1.54) is 31.2 Å². The van der Waals surface area contributed by atoms with Crippen LogP contribution in [-0.2, 0) is 9.67 Å². The van der Waals surface area contributed by atoms with Gasteiger partial charge in [-0.3, -0.25) is 0 Å². The van der Waals surface area contributed by atoms with E-state index in [4.69, 9.17) is 15.6 Å². The Labute approximate surface area is 147 Å². The molecule has 0 aliphatic heterocycles. The van der Waals surface area contributed by atoms with Gasteiger partial charge in [-0.2, -0.15) is 0 Å². The van der Waals surface area contributed by atoms with Gasteiger partial charge in [0.25, 0.3) is 0 Å². The van der Waals surface area contributed by atoms with E-state index in [0.717, 1.165) is 11.8 Å². The van der Waals surface area contributed by atoms with Gasteiger partial charge in [0.2, 0.25) is 0 Å². The molecule has 8 heteroatoms. The van der Waals surface area contributed by atoms with Crippen LogP contribution in [-0.4, -0.2) is 28.2 Å². The smallest absolute Gasteiger partial charge is 0.406 e. The second-order valence-corrected chi connectivity index (χ2v) is 6.60. The van der Waals surface area contributed by atoms with Crippen molar-refractivity contribution in [1.82, 2.24) is 0 Å². The van der Waals surface area contributed by atoms with Gasteiger partial charge >= 0.3 is 18.0 Å². The molecule has 7 nitrogen and oxygen atoms in total. The summed E-state index contributed by atoms with van der Waals surface area (Å²) in [6, 6.07) is 12.0. The van der Waals surface area contributed by atoms with Gasteiger partial charge in [-0.15, -0.1) is 0 Å². The van der Waals surface area contributed by atoms with Crippen LogP contribution in [0.25, 0.3) is 0 Å². The van der Waals surface area contributed by atoms with Crippen LogP contribution in [0.15, 0.2) is 53.4 Å². The van der Waals surface area contributed by atoms with Crippen LogP contribution in [0, 0.1) is 0 Å². The van der Waals surface area contributed by atoms with Gasteiger partial charge in [0.1, 0.15) is 0 Å². The number of ether oxygens (including phenoxy) is 1. The van der Waals surface area contributed by atoms with E-state index in [2.05, 4.69) is 0 Å². The minimum atomic E-state index is -1.41. The lowest BCUT2D eigenvalue weighted by Crippen LogP contribution is -2.30. The molecule has 0 heterocycles. The topological polar surface area (TPSA) is 127 Å². The maximum absolute atomic E-state index is 11.5. The summed E-state index contributed by atoms with van der Waals surface area (Å²) in [6.45, 7) is 1.52. The van der Waals surface area contributed by atoms with Crippen molar-refractivity contribution in [3.05, 3.63) is 65.2 Å². The maximum atomic E-state index is 11.5. The van der Waals surface area contributed by atoms with E-state index in [1.807, 2.05) is 0 Å². The number of thioether (sulfide) groups is 1. The van der Waals surface area contributed by atoms with Crippen molar-refractivity contribution in [2.24, 2.45) is 5.73 Å². The van der Waals surface area contributed by atoms with Gasteiger partial charge in [0, 0.05) is 10.5 Å². The number of hydrogen-bond donors (Lipinski definition) is 3. The molecule has 2 rings (SSSR count). The summed E-state index contributed by atoms with van der Waals surface area (Å²) in [6.07, 6.45) is -1.06. The van der Waals surface area contributed by atoms with Gasteiger partial charge < -0.3 is 20.7 Å². The second kappa shape index (κ2) is 7.27. The number of benzene rings is 2. The highest BCUT2D eigenvalue weighted by Crippen LogP contribution is 2.43. The first-order valence-corrected chi connectivity index (χ1v) is 7.88. The van der Waals surface area contributed by atoms with Gasteiger partial charge in [0.15, 0.2) is 4.93 Å². The van der Waals surface area contributed by atoms with E-state index in [9.17, 15) is 19.5 Å². The molecule has 1 unspecified atom stereocenters. The number of carbonyl (C=O) groups is 3. The fourth-order valence-electron chi connectivity index (χ4n) is 2.28. The molecular formula is C17H15NO6S. The largest absolute Gasteiger partial charge is 0.478 e. The highest BCUT2D eigenvalue weighted by Gasteiger charge is 2.35. The van der Waals surface area contributed by atoms with E-state index in [0.29, 0.717) is 4.90 Å². The number of amides is 1. The van der Waals surface area contributed by atoms with Crippen LogP contribution in [0.2, 0.25) is 0 Å². The van der Waals surface area contributed by atoms with Crippen LogP contribution in [0.5, 0.6) is 0 Å². The van der Waals surface area contributed by atoms with Crippen molar-refractivity contribution in [1.29, 1.82) is 0 Å². The predicted molar refractivity (Wildman–Crippen MR) is 90.7 cm³/mol. The fraction of sp³-hybridized carbons (Fsp3) is 0.118. The molecule has 0 radical (unpaired) electrons. The van der Waals surface area contributed by atoms with Gasteiger partial charge in [-0.25, -0.2) is 14.4 Å². The zero-order valence-corrected chi connectivity index (χ0v) is 13.9. The Balaban J connectivity index is 2.46. The first kappa shape index (κ1) is 18.3. The quantitative estimate of drug-likeness (QED) is 0.533. The van der Waals surface area contributed by atoms with E-state index in [-0.39, 0.29) is 16.7 Å². The molecule has 0 saturated heterocycles. The number of primary amides is 1. The molecule has 2 aromatic rings.